The molecular weight excluding hydrogens is 210 g/mol. The Morgan fingerprint density at radius 2 is 1.88 bits per heavy atom. The molecule has 1 unspecified atom stereocenters. The topological polar surface area (TPSA) is 3.01 Å². The van der Waals surface area contributed by atoms with Gasteiger partial charge in [0.25, 0.3) is 0 Å². The van der Waals surface area contributed by atoms with Crippen molar-refractivity contribution in [3.8, 4) is 11.5 Å². The molecule has 1 heterocycles. The Hall–Kier alpha value is -0.523. The summed E-state index contributed by atoms with van der Waals surface area (Å²) in [5, 5.41) is 0. The van der Waals surface area contributed by atoms with Gasteiger partial charge in [0.2, 0.25) is 0 Å². The van der Waals surface area contributed by atoms with Crippen LogP contribution in [0.15, 0.2) is 12.7 Å². The molecule has 2 heteroatoms. The second-order valence-electron chi connectivity index (χ2n) is 6.76. The molecule has 0 spiro atoms. The van der Waals surface area contributed by atoms with Crippen LogP contribution in [0.2, 0.25) is 19.6 Å². The quantitative estimate of drug-likeness (QED) is 0.307. The van der Waals surface area contributed by atoms with E-state index < -0.39 is 8.07 Å². The second-order valence-corrected chi connectivity index (χ2v) is 11.5. The maximum absolute atomic E-state index is 3.91. The van der Waals surface area contributed by atoms with E-state index in [0.717, 1.165) is 6.54 Å². The van der Waals surface area contributed by atoms with Crippen molar-refractivity contribution in [1.29, 1.82) is 0 Å². The van der Waals surface area contributed by atoms with Gasteiger partial charge in [-0.1, -0.05) is 52.4 Å². The lowest BCUT2D eigenvalue weighted by Gasteiger charge is -2.17. The molecular formula is C14H25NSi. The molecule has 1 nitrogen and oxygen atoms in total. The lowest BCUT2D eigenvalue weighted by molar-refractivity contribution is 0.341. The van der Waals surface area contributed by atoms with Gasteiger partial charge in [-0.05, 0) is 5.41 Å². The minimum Gasteiger partial charge on any atom is -0.279 e. The summed E-state index contributed by atoms with van der Waals surface area (Å²) >= 11 is 0. The molecule has 0 aromatic carbocycles. The van der Waals surface area contributed by atoms with Crippen LogP contribution in [0.3, 0.4) is 0 Å². The molecule has 16 heavy (non-hydrogen) atoms. The molecule has 1 fully saturated rings. The van der Waals surface area contributed by atoms with Crippen molar-refractivity contribution in [1.82, 2.24) is 4.90 Å². The highest BCUT2D eigenvalue weighted by Crippen LogP contribution is 2.41. The average Bonchev–Trinajstić information content (AvgIpc) is 2.75. The summed E-state index contributed by atoms with van der Waals surface area (Å²) in [6.07, 6.45) is 2.06. The molecule has 0 bridgehead atoms. The molecule has 0 radical (unpaired) electrons. The number of rotatable bonds is 2. The molecule has 0 N–H and O–H groups in total. The molecule has 1 aliphatic heterocycles. The largest absolute Gasteiger partial charge is 0.279 e. The summed E-state index contributed by atoms with van der Waals surface area (Å²) in [6, 6.07) is 1.16. The number of nitrogens with zero attached hydrogens (tertiary/aromatic N) is 1. The van der Waals surface area contributed by atoms with Gasteiger partial charge in [0, 0.05) is 12.1 Å². The van der Waals surface area contributed by atoms with Crippen molar-refractivity contribution in [3.63, 3.8) is 0 Å². The zero-order chi connectivity index (χ0) is 12.6. The summed E-state index contributed by atoms with van der Waals surface area (Å²) in [6.45, 7) is 18.6. The smallest absolute Gasteiger partial charge is 0.129 e. The fraction of sp³-hybridized carbons (Fsp3) is 0.714. The van der Waals surface area contributed by atoms with Crippen LogP contribution in [-0.2, 0) is 0 Å². The van der Waals surface area contributed by atoms with E-state index in [2.05, 4.69) is 69.4 Å². The van der Waals surface area contributed by atoms with E-state index in [0.29, 0.717) is 17.5 Å². The van der Waals surface area contributed by atoms with Gasteiger partial charge in [-0.2, -0.15) is 0 Å². The van der Waals surface area contributed by atoms with Crippen molar-refractivity contribution in [2.45, 2.75) is 52.5 Å². The van der Waals surface area contributed by atoms with Gasteiger partial charge >= 0.3 is 0 Å². The van der Waals surface area contributed by atoms with Crippen molar-refractivity contribution in [3.05, 3.63) is 12.7 Å². The Morgan fingerprint density at radius 3 is 2.19 bits per heavy atom. The van der Waals surface area contributed by atoms with E-state index in [4.69, 9.17) is 0 Å². The summed E-state index contributed by atoms with van der Waals surface area (Å²) < 4.78 is 0. The van der Waals surface area contributed by atoms with Crippen LogP contribution in [0.1, 0.15) is 20.8 Å². The first-order valence-electron chi connectivity index (χ1n) is 6.05. The molecule has 3 atom stereocenters. The summed E-state index contributed by atoms with van der Waals surface area (Å²) in [4.78, 5) is 2.44. The molecule has 0 aromatic rings. The monoisotopic (exact) mass is 235 g/mol. The minimum absolute atomic E-state index is 0.333. The van der Waals surface area contributed by atoms with Crippen molar-refractivity contribution < 1.29 is 0 Å². The first-order chi connectivity index (χ1) is 7.17. The SMILES string of the molecule is C=C[C@@H]1[C@@H](C(C)(C)C)N1CC#C[Si](C)(C)C. The highest BCUT2D eigenvalue weighted by Gasteiger charge is 2.51. The van der Waals surface area contributed by atoms with Crippen LogP contribution in [-0.4, -0.2) is 31.6 Å². The first kappa shape index (κ1) is 13.5. The van der Waals surface area contributed by atoms with E-state index in [-0.39, 0.29) is 0 Å². The summed E-state index contributed by atoms with van der Waals surface area (Å²) in [5.41, 5.74) is 3.76. The number of hydrogen-bond donors (Lipinski definition) is 0. The van der Waals surface area contributed by atoms with Crippen LogP contribution in [0.25, 0.3) is 0 Å². The molecule has 1 rings (SSSR count). The Balaban J connectivity index is 2.57. The van der Waals surface area contributed by atoms with Gasteiger partial charge in [0.05, 0.1) is 6.54 Å². The molecule has 0 aliphatic carbocycles. The van der Waals surface area contributed by atoms with Gasteiger partial charge < -0.3 is 0 Å². The zero-order valence-corrected chi connectivity index (χ0v) is 12.6. The normalized spacial score (nSPS) is 29.2. The Labute approximate surface area is 102 Å². The summed E-state index contributed by atoms with van der Waals surface area (Å²) in [7, 11) is -1.21. The van der Waals surface area contributed by atoms with Gasteiger partial charge in [0.15, 0.2) is 0 Å². The van der Waals surface area contributed by atoms with E-state index >= 15 is 0 Å². The van der Waals surface area contributed by atoms with E-state index in [1.54, 1.807) is 0 Å². The standard InChI is InChI=1S/C14H25NSi/c1-8-12-13(14(2,3)4)15(12)10-9-11-16(5,6)7/h8,12-13H,1,10H2,2-7H3/t12-,13+,15?/m1/s1. The highest BCUT2D eigenvalue weighted by atomic mass is 28.3. The molecule has 1 saturated heterocycles. The molecule has 0 saturated carbocycles. The average molecular weight is 235 g/mol. The van der Waals surface area contributed by atoms with Crippen LogP contribution in [0.5, 0.6) is 0 Å². The highest BCUT2D eigenvalue weighted by molar-refractivity contribution is 6.83. The van der Waals surface area contributed by atoms with Gasteiger partial charge in [-0.3, -0.25) is 4.90 Å². The first-order valence-corrected chi connectivity index (χ1v) is 9.55. The maximum Gasteiger partial charge on any atom is 0.129 e. The van der Waals surface area contributed by atoms with Gasteiger partial charge in [-0.15, -0.1) is 12.1 Å². The molecule has 1 aliphatic rings. The van der Waals surface area contributed by atoms with Crippen molar-refractivity contribution >= 4 is 8.07 Å². The molecule has 0 aromatic heterocycles. The fourth-order valence-electron chi connectivity index (χ4n) is 2.17. The fourth-order valence-corrected chi connectivity index (χ4v) is 2.78. The van der Waals surface area contributed by atoms with Crippen LogP contribution in [0, 0.1) is 16.9 Å². The Bertz CT molecular complexity index is 321. The minimum atomic E-state index is -1.21. The van der Waals surface area contributed by atoms with E-state index in [1.807, 2.05) is 0 Å². The number of hydrogen-bond acceptors (Lipinski definition) is 1. The Kier molecular flexibility index (Phi) is 3.71. The third-order valence-electron chi connectivity index (χ3n) is 2.83. The van der Waals surface area contributed by atoms with Crippen LogP contribution in [0.4, 0.5) is 0 Å². The zero-order valence-electron chi connectivity index (χ0n) is 11.6. The van der Waals surface area contributed by atoms with E-state index in [1.165, 1.54) is 0 Å². The second kappa shape index (κ2) is 4.39. The maximum atomic E-state index is 3.91. The van der Waals surface area contributed by atoms with Crippen LogP contribution < -0.4 is 0 Å². The predicted octanol–water partition coefficient (Wildman–Crippen LogP) is 3.15. The van der Waals surface area contributed by atoms with Gasteiger partial charge in [0.1, 0.15) is 8.07 Å². The third-order valence-corrected chi connectivity index (χ3v) is 3.75. The molecule has 90 valence electrons. The summed E-state index contributed by atoms with van der Waals surface area (Å²) in [5.74, 6) is 3.34. The third kappa shape index (κ3) is 3.50. The lowest BCUT2D eigenvalue weighted by atomic mass is 9.90. The van der Waals surface area contributed by atoms with Crippen molar-refractivity contribution in [2.24, 2.45) is 5.41 Å². The van der Waals surface area contributed by atoms with Crippen molar-refractivity contribution in [2.75, 3.05) is 6.54 Å². The van der Waals surface area contributed by atoms with Crippen LogP contribution >= 0.6 is 0 Å². The Morgan fingerprint density at radius 1 is 1.31 bits per heavy atom. The predicted molar refractivity (Wildman–Crippen MR) is 75.1 cm³/mol. The van der Waals surface area contributed by atoms with Gasteiger partial charge in [-0.25, -0.2) is 0 Å². The van der Waals surface area contributed by atoms with E-state index in [9.17, 15) is 0 Å². The lowest BCUT2D eigenvalue weighted by Crippen LogP contribution is -2.20. The molecule has 0 amide bonds.